The van der Waals surface area contributed by atoms with Gasteiger partial charge in [0.25, 0.3) is 0 Å². The highest BCUT2D eigenvalue weighted by atomic mass is 16.3. The van der Waals surface area contributed by atoms with Crippen LogP contribution in [0.2, 0.25) is 0 Å². The second-order valence-electron chi connectivity index (χ2n) is 17.0. The predicted molar refractivity (Wildman–Crippen MR) is 269 cm³/mol. The monoisotopic (exact) mass is 831 g/mol. The topological polar surface area (TPSA) is 59.8 Å². The fourth-order valence-corrected chi connectivity index (χ4v) is 10.3. The number of para-hydroxylation sites is 4. The lowest BCUT2D eigenvalue weighted by atomic mass is 10.0. The molecule has 0 aliphatic carbocycles. The average Bonchev–Trinajstić information content (AvgIpc) is 4.02. The highest BCUT2D eigenvalue weighted by Gasteiger charge is 2.26. The number of aliphatic imine (C=N–C) groups is 2. The first-order valence-electron chi connectivity index (χ1n) is 22.1. The van der Waals surface area contributed by atoms with Gasteiger partial charge < -0.3 is 18.9 Å². The van der Waals surface area contributed by atoms with Crippen LogP contribution >= 0.6 is 0 Å². The van der Waals surface area contributed by atoms with Crippen LogP contribution in [0.3, 0.4) is 0 Å². The van der Waals surface area contributed by atoms with Crippen molar-refractivity contribution in [3.8, 4) is 11.4 Å². The van der Waals surface area contributed by atoms with Gasteiger partial charge in [0.2, 0.25) is 0 Å². The van der Waals surface area contributed by atoms with E-state index in [1.54, 1.807) is 0 Å². The molecule has 6 heteroatoms. The third-order valence-corrected chi connectivity index (χ3v) is 13.3. The lowest BCUT2D eigenvalue weighted by Gasteiger charge is -2.24. The van der Waals surface area contributed by atoms with Crippen LogP contribution < -0.4 is 5.32 Å². The van der Waals surface area contributed by atoms with E-state index in [0.29, 0.717) is 5.84 Å². The number of hydrogen-bond acceptors (Lipinski definition) is 4. The zero-order valence-electron chi connectivity index (χ0n) is 35.0. The van der Waals surface area contributed by atoms with Crippen LogP contribution in [-0.2, 0) is 0 Å². The van der Waals surface area contributed by atoms with Crippen molar-refractivity contribution in [2.45, 2.75) is 6.17 Å². The molecular weight excluding hydrogens is 795 g/mol. The van der Waals surface area contributed by atoms with Gasteiger partial charge in [0.1, 0.15) is 23.2 Å². The number of nitrogens with zero attached hydrogens (tertiary/aromatic N) is 4. The molecule has 0 spiro atoms. The van der Waals surface area contributed by atoms with E-state index in [1.165, 1.54) is 32.3 Å². The Hall–Kier alpha value is -8.74. The minimum absolute atomic E-state index is 0.419. The lowest BCUT2D eigenvalue weighted by Crippen LogP contribution is -2.33. The Kier molecular flexibility index (Phi) is 7.65. The van der Waals surface area contributed by atoms with Crippen LogP contribution in [0.5, 0.6) is 0 Å². The van der Waals surface area contributed by atoms with Crippen LogP contribution in [0.1, 0.15) is 22.9 Å². The molecule has 65 heavy (non-hydrogen) atoms. The maximum absolute atomic E-state index is 6.79. The van der Waals surface area contributed by atoms with Crippen molar-refractivity contribution in [2.75, 3.05) is 0 Å². The third-order valence-electron chi connectivity index (χ3n) is 13.3. The maximum atomic E-state index is 6.79. The van der Waals surface area contributed by atoms with Crippen molar-refractivity contribution in [2.24, 2.45) is 9.98 Å². The predicted octanol–water partition coefficient (Wildman–Crippen LogP) is 14.6. The zero-order chi connectivity index (χ0) is 42.6. The van der Waals surface area contributed by atoms with Crippen molar-refractivity contribution in [1.82, 2.24) is 14.5 Å². The SMILES string of the molecule is c1ccc(-n2c3ccccc3c3cc(C4=NC(c5ccc6ccccc6c5)NC(c5cc(-n6c7ccccc7c7cc8ccccc8cc76)c6c(c5)oc5ccccc56)=N4)ccc32)cc1. The van der Waals surface area contributed by atoms with Gasteiger partial charge in [-0.05, 0) is 106 Å². The molecular formula is C59H37N5O. The van der Waals surface area contributed by atoms with Crippen molar-refractivity contribution in [1.29, 1.82) is 0 Å². The first-order chi connectivity index (χ1) is 32.2. The molecule has 1 N–H and O–H groups in total. The molecule has 304 valence electrons. The number of amidine groups is 2. The highest BCUT2D eigenvalue weighted by molar-refractivity contribution is 6.20. The van der Waals surface area contributed by atoms with Gasteiger partial charge in [0.05, 0.1) is 33.1 Å². The molecule has 0 bridgehead atoms. The molecule has 1 atom stereocenters. The van der Waals surface area contributed by atoms with Gasteiger partial charge >= 0.3 is 0 Å². The molecule has 6 nitrogen and oxygen atoms in total. The van der Waals surface area contributed by atoms with Gasteiger partial charge in [-0.2, -0.15) is 0 Å². The summed E-state index contributed by atoms with van der Waals surface area (Å²) in [6, 6.07) is 75.7. The molecule has 0 saturated carbocycles. The summed E-state index contributed by atoms with van der Waals surface area (Å²) < 4.78 is 11.5. The van der Waals surface area contributed by atoms with Gasteiger partial charge in [-0.15, -0.1) is 0 Å². The summed E-state index contributed by atoms with van der Waals surface area (Å²) in [6.45, 7) is 0. The van der Waals surface area contributed by atoms with Gasteiger partial charge in [-0.1, -0.05) is 133 Å². The number of hydrogen-bond donors (Lipinski definition) is 1. The Morgan fingerprint density at radius 2 is 1.05 bits per heavy atom. The Morgan fingerprint density at radius 1 is 0.415 bits per heavy atom. The fraction of sp³-hybridized carbons (Fsp3) is 0.0169. The minimum atomic E-state index is -0.419. The standard InChI is InChI=1S/C59H37N5O/c1-2-18-43(19-3-1)63-49-23-11-8-20-44(49)47-32-41(28-29-51(47)63)58-60-57(40-27-26-36-14-4-5-15-37(36)30-40)61-59(62-58)42-34-53(56-46-22-10-13-25-54(46)65-55(56)35-42)64-50-24-12-9-21-45(50)48-31-38-16-6-7-17-39(38)33-52(48)64/h1-35,57H,(H,60,61,62). The van der Waals surface area contributed by atoms with Crippen molar-refractivity contribution >= 4 is 98.8 Å². The molecule has 1 unspecified atom stereocenters. The highest BCUT2D eigenvalue weighted by Crippen LogP contribution is 2.41. The van der Waals surface area contributed by atoms with E-state index in [4.69, 9.17) is 14.4 Å². The normalized spacial score (nSPS) is 14.3. The first-order valence-corrected chi connectivity index (χ1v) is 22.1. The third kappa shape index (κ3) is 5.54. The molecule has 10 aromatic carbocycles. The van der Waals surface area contributed by atoms with Gasteiger partial charge in [-0.3, -0.25) is 0 Å². The Bertz CT molecular complexity index is 4170. The quantitative estimate of drug-likeness (QED) is 0.188. The minimum Gasteiger partial charge on any atom is -0.456 e. The summed E-state index contributed by atoms with van der Waals surface area (Å²) in [4.78, 5) is 10.9. The molecule has 0 fully saturated rings. The summed E-state index contributed by atoms with van der Waals surface area (Å²) in [6.07, 6.45) is -0.419. The van der Waals surface area contributed by atoms with Gasteiger partial charge in [0.15, 0.2) is 5.84 Å². The van der Waals surface area contributed by atoms with Crippen LogP contribution in [0.15, 0.2) is 227 Å². The number of fused-ring (bicyclic) bond motifs is 11. The lowest BCUT2D eigenvalue weighted by molar-refractivity contribution is 0.666. The Balaban J connectivity index is 1.02. The van der Waals surface area contributed by atoms with E-state index in [2.05, 4.69) is 221 Å². The van der Waals surface area contributed by atoms with Gasteiger partial charge in [0, 0.05) is 43.7 Å². The van der Waals surface area contributed by atoms with E-state index in [0.717, 1.165) is 88.7 Å². The van der Waals surface area contributed by atoms with E-state index >= 15 is 0 Å². The number of benzene rings is 10. The molecule has 1 aliphatic rings. The smallest absolute Gasteiger partial charge is 0.159 e. The average molecular weight is 832 g/mol. The Morgan fingerprint density at radius 3 is 1.85 bits per heavy atom. The molecule has 4 heterocycles. The largest absolute Gasteiger partial charge is 0.456 e. The Labute approximate surface area is 372 Å². The maximum Gasteiger partial charge on any atom is 0.159 e. The number of nitrogens with one attached hydrogen (secondary N) is 1. The molecule has 0 radical (unpaired) electrons. The van der Waals surface area contributed by atoms with Crippen LogP contribution in [0, 0.1) is 0 Å². The van der Waals surface area contributed by atoms with Crippen molar-refractivity contribution in [3.05, 3.63) is 229 Å². The summed E-state index contributed by atoms with van der Waals surface area (Å²) in [5, 5.41) is 15.4. The molecule has 1 aliphatic heterocycles. The molecule has 3 aromatic heterocycles. The molecule has 14 rings (SSSR count). The summed E-state index contributed by atoms with van der Waals surface area (Å²) >= 11 is 0. The number of aromatic nitrogens is 2. The van der Waals surface area contributed by atoms with Crippen molar-refractivity contribution in [3.63, 3.8) is 0 Å². The summed E-state index contributed by atoms with van der Waals surface area (Å²) in [5.74, 6) is 1.37. The number of rotatable bonds is 5. The van der Waals surface area contributed by atoms with E-state index in [-0.39, 0.29) is 0 Å². The first kappa shape index (κ1) is 35.8. The summed E-state index contributed by atoms with van der Waals surface area (Å²) in [7, 11) is 0. The van der Waals surface area contributed by atoms with E-state index in [9.17, 15) is 0 Å². The summed E-state index contributed by atoms with van der Waals surface area (Å²) in [5.41, 5.74) is 11.2. The van der Waals surface area contributed by atoms with Gasteiger partial charge in [-0.25, -0.2) is 9.98 Å². The van der Waals surface area contributed by atoms with E-state index < -0.39 is 6.17 Å². The van der Waals surface area contributed by atoms with Crippen LogP contribution in [-0.4, -0.2) is 20.8 Å². The molecule has 13 aromatic rings. The number of furan rings is 1. The second-order valence-corrected chi connectivity index (χ2v) is 17.0. The van der Waals surface area contributed by atoms with Crippen LogP contribution in [0.4, 0.5) is 0 Å². The fourth-order valence-electron chi connectivity index (χ4n) is 10.3. The molecule has 0 saturated heterocycles. The van der Waals surface area contributed by atoms with Crippen LogP contribution in [0.25, 0.3) is 98.5 Å². The second kappa shape index (κ2) is 13.9. The molecule has 0 amide bonds. The van der Waals surface area contributed by atoms with E-state index in [1.807, 2.05) is 6.07 Å². The van der Waals surface area contributed by atoms with Crippen molar-refractivity contribution < 1.29 is 4.42 Å². The zero-order valence-corrected chi connectivity index (χ0v) is 35.0.